The second-order valence-corrected chi connectivity index (χ2v) is 6.29. The van der Waals surface area contributed by atoms with Gasteiger partial charge in [0.1, 0.15) is 34.8 Å². The van der Waals surface area contributed by atoms with E-state index < -0.39 is 4.92 Å². The Labute approximate surface area is 171 Å². The Morgan fingerprint density at radius 2 is 1.37 bits per heavy atom. The van der Waals surface area contributed by atoms with Crippen LogP contribution in [0.25, 0.3) is 22.8 Å². The van der Waals surface area contributed by atoms with E-state index in [0.717, 1.165) is 0 Å². The number of nitrogens with two attached hydrogens (primary N) is 1. The van der Waals surface area contributed by atoms with E-state index in [2.05, 4.69) is 10.2 Å². The van der Waals surface area contributed by atoms with E-state index in [1.54, 1.807) is 49.7 Å². The standard InChI is InChI=1S/C20H18N6O4/c1-29-17-9-5-3-7-14(17)24-11-13(21)19(22-24)20-16(26(27)28)12-25(23-20)15-8-4-6-10-18(15)30-2/h3-12H,21H2,1-2H3. The highest BCUT2D eigenvalue weighted by molar-refractivity contribution is 5.76. The summed E-state index contributed by atoms with van der Waals surface area (Å²) >= 11 is 0. The first-order valence-electron chi connectivity index (χ1n) is 8.90. The molecule has 0 aliphatic heterocycles. The molecule has 0 saturated heterocycles. The van der Waals surface area contributed by atoms with Crippen LogP contribution in [0.5, 0.6) is 11.5 Å². The molecule has 0 aliphatic carbocycles. The van der Waals surface area contributed by atoms with Crippen LogP contribution < -0.4 is 15.2 Å². The predicted octanol–water partition coefficient (Wildman–Crippen LogP) is 3.23. The van der Waals surface area contributed by atoms with Gasteiger partial charge in [-0.25, -0.2) is 9.36 Å². The fourth-order valence-electron chi connectivity index (χ4n) is 3.12. The zero-order valence-corrected chi connectivity index (χ0v) is 16.2. The quantitative estimate of drug-likeness (QED) is 0.385. The Kier molecular flexibility index (Phi) is 4.80. The third kappa shape index (κ3) is 3.20. The van der Waals surface area contributed by atoms with Crippen LogP contribution in [0, 0.1) is 10.1 Å². The molecule has 0 amide bonds. The van der Waals surface area contributed by atoms with Gasteiger partial charge in [-0.3, -0.25) is 10.1 Å². The molecule has 4 rings (SSSR count). The first-order chi connectivity index (χ1) is 14.5. The third-order valence-electron chi connectivity index (χ3n) is 4.52. The lowest BCUT2D eigenvalue weighted by molar-refractivity contribution is -0.384. The number of para-hydroxylation sites is 4. The molecule has 4 aromatic rings. The molecular weight excluding hydrogens is 388 g/mol. The molecule has 0 saturated carbocycles. The van der Waals surface area contributed by atoms with E-state index in [1.807, 2.05) is 12.1 Å². The lowest BCUT2D eigenvalue weighted by Crippen LogP contribution is -2.00. The van der Waals surface area contributed by atoms with Crippen molar-refractivity contribution < 1.29 is 14.4 Å². The maximum absolute atomic E-state index is 11.7. The van der Waals surface area contributed by atoms with Crippen molar-refractivity contribution in [2.24, 2.45) is 0 Å². The number of nitrogen functional groups attached to an aromatic ring is 1. The van der Waals surface area contributed by atoms with E-state index in [9.17, 15) is 10.1 Å². The van der Waals surface area contributed by atoms with Gasteiger partial charge >= 0.3 is 5.69 Å². The van der Waals surface area contributed by atoms with E-state index in [1.165, 1.54) is 22.7 Å². The Morgan fingerprint density at radius 1 is 0.867 bits per heavy atom. The van der Waals surface area contributed by atoms with E-state index in [-0.39, 0.29) is 22.8 Å². The molecule has 0 bridgehead atoms. The van der Waals surface area contributed by atoms with Crippen molar-refractivity contribution in [1.82, 2.24) is 19.6 Å². The number of nitro groups is 1. The van der Waals surface area contributed by atoms with Crippen LogP contribution in [-0.4, -0.2) is 38.7 Å². The number of hydrogen-bond donors (Lipinski definition) is 1. The lowest BCUT2D eigenvalue weighted by atomic mass is 10.2. The fraction of sp³-hybridized carbons (Fsp3) is 0.100. The minimum Gasteiger partial charge on any atom is -0.494 e. The van der Waals surface area contributed by atoms with Crippen molar-refractivity contribution >= 4 is 11.4 Å². The SMILES string of the molecule is COc1ccccc1-n1cc(N)c(-c2nn(-c3ccccc3OC)cc2[N+](=O)[O-])n1. The third-order valence-corrected chi connectivity index (χ3v) is 4.52. The summed E-state index contributed by atoms with van der Waals surface area (Å²) in [6.07, 6.45) is 2.88. The Hall–Kier alpha value is -4.34. The molecule has 0 atom stereocenters. The topological polar surface area (TPSA) is 123 Å². The van der Waals surface area contributed by atoms with Gasteiger partial charge in [0.25, 0.3) is 0 Å². The zero-order valence-electron chi connectivity index (χ0n) is 16.2. The summed E-state index contributed by atoms with van der Waals surface area (Å²) in [6, 6.07) is 14.3. The molecule has 10 heteroatoms. The van der Waals surface area contributed by atoms with Gasteiger partial charge in [0.15, 0.2) is 5.69 Å². The van der Waals surface area contributed by atoms with E-state index in [0.29, 0.717) is 22.9 Å². The van der Waals surface area contributed by atoms with Gasteiger partial charge in [-0.15, -0.1) is 0 Å². The van der Waals surface area contributed by atoms with Crippen LogP contribution in [0.1, 0.15) is 0 Å². The molecular formula is C20H18N6O4. The van der Waals surface area contributed by atoms with Crippen molar-refractivity contribution in [3.63, 3.8) is 0 Å². The van der Waals surface area contributed by atoms with Crippen LogP contribution in [0.4, 0.5) is 11.4 Å². The van der Waals surface area contributed by atoms with Gasteiger partial charge in [-0.2, -0.15) is 10.2 Å². The van der Waals surface area contributed by atoms with Crippen LogP contribution in [0.2, 0.25) is 0 Å². The van der Waals surface area contributed by atoms with E-state index in [4.69, 9.17) is 15.2 Å². The number of ether oxygens (including phenoxy) is 2. The van der Waals surface area contributed by atoms with Gasteiger partial charge in [0.05, 0.1) is 31.0 Å². The summed E-state index contributed by atoms with van der Waals surface area (Å²) in [5, 5.41) is 20.6. The minimum atomic E-state index is -0.518. The zero-order chi connectivity index (χ0) is 21.3. The summed E-state index contributed by atoms with van der Waals surface area (Å²) in [4.78, 5) is 11.2. The molecule has 0 unspecified atom stereocenters. The number of aromatic nitrogens is 4. The highest BCUT2D eigenvalue weighted by atomic mass is 16.6. The maximum atomic E-state index is 11.7. The molecule has 2 aromatic carbocycles. The van der Waals surface area contributed by atoms with Gasteiger partial charge < -0.3 is 15.2 Å². The maximum Gasteiger partial charge on any atom is 0.317 e. The van der Waals surface area contributed by atoms with Crippen molar-refractivity contribution in [2.75, 3.05) is 20.0 Å². The number of rotatable bonds is 6. The van der Waals surface area contributed by atoms with Crippen molar-refractivity contribution in [3.8, 4) is 34.3 Å². The molecule has 30 heavy (non-hydrogen) atoms. The molecule has 152 valence electrons. The predicted molar refractivity (Wildman–Crippen MR) is 110 cm³/mol. The number of nitrogens with zero attached hydrogens (tertiary/aromatic N) is 5. The molecule has 0 aliphatic rings. The van der Waals surface area contributed by atoms with Gasteiger partial charge in [-0.05, 0) is 24.3 Å². The first-order valence-corrected chi connectivity index (χ1v) is 8.90. The molecule has 2 N–H and O–H groups in total. The Morgan fingerprint density at radius 3 is 1.90 bits per heavy atom. The largest absolute Gasteiger partial charge is 0.494 e. The minimum absolute atomic E-state index is 0.0528. The van der Waals surface area contributed by atoms with Crippen molar-refractivity contribution in [1.29, 1.82) is 0 Å². The fourth-order valence-corrected chi connectivity index (χ4v) is 3.12. The monoisotopic (exact) mass is 406 g/mol. The summed E-state index contributed by atoms with van der Waals surface area (Å²) in [5.74, 6) is 1.11. The van der Waals surface area contributed by atoms with Gasteiger partial charge in [-0.1, -0.05) is 24.3 Å². The number of benzene rings is 2. The molecule has 2 aromatic heterocycles. The smallest absolute Gasteiger partial charge is 0.317 e. The van der Waals surface area contributed by atoms with E-state index >= 15 is 0 Å². The summed E-state index contributed by atoms with van der Waals surface area (Å²) in [5.41, 5.74) is 7.62. The highest BCUT2D eigenvalue weighted by Gasteiger charge is 2.27. The average molecular weight is 406 g/mol. The number of hydrogen-bond acceptors (Lipinski definition) is 7. The van der Waals surface area contributed by atoms with Gasteiger partial charge in [0.2, 0.25) is 0 Å². The molecule has 0 spiro atoms. The molecule has 0 radical (unpaired) electrons. The molecule has 0 fully saturated rings. The second kappa shape index (κ2) is 7.59. The van der Waals surface area contributed by atoms with Gasteiger partial charge in [0, 0.05) is 0 Å². The summed E-state index contributed by atoms with van der Waals surface area (Å²) in [7, 11) is 3.07. The Balaban J connectivity index is 1.86. The van der Waals surface area contributed by atoms with Crippen LogP contribution in [0.15, 0.2) is 60.9 Å². The summed E-state index contributed by atoms with van der Waals surface area (Å²) in [6.45, 7) is 0. The lowest BCUT2D eigenvalue weighted by Gasteiger charge is -2.07. The second-order valence-electron chi connectivity index (χ2n) is 6.29. The number of anilines is 1. The summed E-state index contributed by atoms with van der Waals surface area (Å²) < 4.78 is 13.6. The average Bonchev–Trinajstić information content (AvgIpc) is 3.37. The van der Waals surface area contributed by atoms with Crippen molar-refractivity contribution in [3.05, 3.63) is 71.0 Å². The molecule has 2 heterocycles. The first kappa shape index (κ1) is 19.0. The van der Waals surface area contributed by atoms with Crippen LogP contribution >= 0.6 is 0 Å². The van der Waals surface area contributed by atoms with Crippen molar-refractivity contribution in [2.45, 2.75) is 0 Å². The normalized spacial score (nSPS) is 10.7. The highest BCUT2D eigenvalue weighted by Crippen LogP contribution is 2.35. The number of methoxy groups -OCH3 is 2. The van der Waals surface area contributed by atoms with Crippen LogP contribution in [0.3, 0.4) is 0 Å². The van der Waals surface area contributed by atoms with Crippen LogP contribution in [-0.2, 0) is 0 Å². The molecule has 10 nitrogen and oxygen atoms in total. The Bertz CT molecular complexity index is 1230.